The van der Waals surface area contributed by atoms with Crippen LogP contribution < -0.4 is 5.73 Å². The second-order valence-corrected chi connectivity index (χ2v) is 6.22. The van der Waals surface area contributed by atoms with Crippen LogP contribution in [0.2, 0.25) is 0 Å². The van der Waals surface area contributed by atoms with Crippen LogP contribution in [0, 0.1) is 11.3 Å². The summed E-state index contributed by atoms with van der Waals surface area (Å²) in [7, 11) is -1.22. The van der Waals surface area contributed by atoms with Crippen LogP contribution in [0.3, 0.4) is 0 Å². The van der Waals surface area contributed by atoms with Gasteiger partial charge in [0.15, 0.2) is 0 Å². The second-order valence-electron chi connectivity index (χ2n) is 3.95. The van der Waals surface area contributed by atoms with Gasteiger partial charge in [-0.2, -0.15) is 5.26 Å². The van der Waals surface area contributed by atoms with Gasteiger partial charge in [-0.1, -0.05) is 18.2 Å². The molecule has 2 aromatic carbocycles. The molecule has 0 heterocycles. The molecule has 5 heteroatoms. The smallest absolute Gasteiger partial charge is 0.0994 e. The molecule has 96 valence electrons. The van der Waals surface area contributed by atoms with E-state index in [1.54, 1.807) is 30.3 Å². The van der Waals surface area contributed by atoms with Crippen molar-refractivity contribution in [3.05, 3.63) is 58.1 Å². The average Bonchev–Trinajstić information content (AvgIpc) is 2.39. The predicted molar refractivity (Wildman–Crippen MR) is 79.8 cm³/mol. The zero-order chi connectivity index (χ0) is 13.8. The van der Waals surface area contributed by atoms with E-state index in [9.17, 15) is 4.21 Å². The van der Waals surface area contributed by atoms with Crippen molar-refractivity contribution in [3.8, 4) is 6.07 Å². The maximum atomic E-state index is 12.3. The Labute approximate surface area is 122 Å². The molecular weight excluding hydrogens is 324 g/mol. The highest BCUT2D eigenvalue weighted by Crippen LogP contribution is 2.25. The monoisotopic (exact) mass is 334 g/mol. The summed E-state index contributed by atoms with van der Waals surface area (Å²) in [5, 5.41) is 9.02. The maximum Gasteiger partial charge on any atom is 0.0994 e. The average molecular weight is 335 g/mol. The molecule has 0 aliphatic heterocycles. The van der Waals surface area contributed by atoms with Gasteiger partial charge in [0, 0.05) is 10.2 Å². The highest BCUT2D eigenvalue weighted by Gasteiger charge is 2.11. The fourth-order valence-electron chi connectivity index (χ4n) is 1.68. The molecule has 0 saturated heterocycles. The molecule has 0 saturated carbocycles. The zero-order valence-corrected chi connectivity index (χ0v) is 12.4. The van der Waals surface area contributed by atoms with Crippen molar-refractivity contribution in [2.75, 3.05) is 5.73 Å². The van der Waals surface area contributed by atoms with Crippen LogP contribution in [-0.4, -0.2) is 4.21 Å². The molecule has 2 aromatic rings. The van der Waals surface area contributed by atoms with Gasteiger partial charge in [-0.25, -0.2) is 0 Å². The largest absolute Gasteiger partial charge is 0.399 e. The summed E-state index contributed by atoms with van der Waals surface area (Å²) in [6, 6.07) is 14.5. The summed E-state index contributed by atoms with van der Waals surface area (Å²) >= 11 is 3.36. The van der Waals surface area contributed by atoms with Crippen molar-refractivity contribution < 1.29 is 4.21 Å². The number of benzene rings is 2. The summed E-state index contributed by atoms with van der Waals surface area (Å²) in [6.07, 6.45) is 0. The van der Waals surface area contributed by atoms with Gasteiger partial charge in [0.2, 0.25) is 0 Å². The van der Waals surface area contributed by atoms with Gasteiger partial charge in [-0.15, -0.1) is 0 Å². The number of hydrogen-bond donors (Lipinski definition) is 1. The number of nitrogens with two attached hydrogens (primary N) is 1. The lowest BCUT2D eigenvalue weighted by Crippen LogP contribution is -2.00. The number of hydrogen-bond acceptors (Lipinski definition) is 3. The van der Waals surface area contributed by atoms with Gasteiger partial charge >= 0.3 is 0 Å². The van der Waals surface area contributed by atoms with Gasteiger partial charge in [0.25, 0.3) is 0 Å². The number of nitrogen functional groups attached to an aromatic ring is 1. The first-order valence-corrected chi connectivity index (χ1v) is 7.64. The molecular formula is C14H11BrN2OS. The molecule has 0 aromatic heterocycles. The van der Waals surface area contributed by atoms with E-state index in [1.807, 2.05) is 12.1 Å². The fraction of sp³-hybridized carbons (Fsp3) is 0.0714. The first-order valence-electron chi connectivity index (χ1n) is 5.53. The molecule has 1 unspecified atom stereocenters. The van der Waals surface area contributed by atoms with E-state index in [2.05, 4.69) is 22.0 Å². The van der Waals surface area contributed by atoms with Crippen molar-refractivity contribution in [1.82, 2.24) is 0 Å². The summed E-state index contributed by atoms with van der Waals surface area (Å²) in [4.78, 5) is 0.682. The molecule has 2 N–H and O–H groups in total. The highest BCUT2D eigenvalue weighted by molar-refractivity contribution is 9.10. The Morgan fingerprint density at radius 1 is 1.26 bits per heavy atom. The summed E-state index contributed by atoms with van der Waals surface area (Å²) in [6.45, 7) is 0. The minimum Gasteiger partial charge on any atom is -0.399 e. The standard InChI is InChI=1S/C14H11BrN2OS/c15-13-7-12(17)5-6-14(13)19(18)9-11-4-2-1-3-10(11)8-16/h1-7H,9,17H2. The lowest BCUT2D eigenvalue weighted by molar-refractivity contribution is 0.682. The van der Waals surface area contributed by atoms with Crippen LogP contribution in [-0.2, 0) is 16.6 Å². The first kappa shape index (κ1) is 13.8. The molecule has 19 heavy (non-hydrogen) atoms. The maximum absolute atomic E-state index is 12.3. The molecule has 0 aliphatic rings. The number of nitriles is 1. The lowest BCUT2D eigenvalue weighted by Gasteiger charge is -2.07. The SMILES string of the molecule is N#Cc1ccccc1CS(=O)c1ccc(N)cc1Br. The quantitative estimate of drug-likeness (QED) is 0.876. The van der Waals surface area contributed by atoms with Gasteiger partial charge in [-0.05, 0) is 45.8 Å². The topological polar surface area (TPSA) is 66.9 Å². The Morgan fingerprint density at radius 3 is 2.68 bits per heavy atom. The van der Waals surface area contributed by atoms with E-state index in [0.717, 1.165) is 10.0 Å². The third kappa shape index (κ3) is 3.22. The van der Waals surface area contributed by atoms with Crippen molar-refractivity contribution >= 4 is 32.4 Å². The summed E-state index contributed by atoms with van der Waals surface area (Å²) in [5.74, 6) is 0.312. The minimum atomic E-state index is -1.22. The van der Waals surface area contributed by atoms with E-state index < -0.39 is 10.8 Å². The number of nitrogens with zero attached hydrogens (tertiary/aromatic N) is 1. The van der Waals surface area contributed by atoms with E-state index >= 15 is 0 Å². The molecule has 0 amide bonds. The van der Waals surface area contributed by atoms with E-state index in [1.165, 1.54) is 0 Å². The van der Waals surface area contributed by atoms with Crippen LogP contribution in [0.1, 0.15) is 11.1 Å². The Balaban J connectivity index is 2.29. The molecule has 0 spiro atoms. The van der Waals surface area contributed by atoms with Gasteiger partial charge in [0.05, 0.1) is 33.1 Å². The van der Waals surface area contributed by atoms with Crippen LogP contribution in [0.5, 0.6) is 0 Å². The van der Waals surface area contributed by atoms with E-state index in [-0.39, 0.29) is 0 Å². The Morgan fingerprint density at radius 2 is 2.00 bits per heavy atom. The minimum absolute atomic E-state index is 0.312. The third-order valence-electron chi connectivity index (χ3n) is 2.63. The Bertz CT molecular complexity index is 679. The third-order valence-corrected chi connectivity index (χ3v) is 4.96. The molecule has 0 radical (unpaired) electrons. The zero-order valence-electron chi connectivity index (χ0n) is 9.97. The van der Waals surface area contributed by atoms with Crippen LogP contribution in [0.15, 0.2) is 51.8 Å². The summed E-state index contributed by atoms with van der Waals surface area (Å²) in [5.41, 5.74) is 7.61. The Hall–Kier alpha value is -1.64. The number of anilines is 1. The lowest BCUT2D eigenvalue weighted by atomic mass is 10.1. The van der Waals surface area contributed by atoms with Gasteiger partial charge in [0.1, 0.15) is 0 Å². The Kier molecular flexibility index (Phi) is 4.35. The molecule has 1 atom stereocenters. The normalized spacial score (nSPS) is 11.8. The van der Waals surface area contributed by atoms with E-state index in [0.29, 0.717) is 21.9 Å². The fourth-order valence-corrected chi connectivity index (χ4v) is 3.80. The number of halogens is 1. The molecule has 0 bridgehead atoms. The van der Waals surface area contributed by atoms with Crippen molar-refractivity contribution in [3.63, 3.8) is 0 Å². The summed E-state index contributed by atoms with van der Waals surface area (Å²) < 4.78 is 13.1. The van der Waals surface area contributed by atoms with Crippen molar-refractivity contribution in [2.45, 2.75) is 10.6 Å². The predicted octanol–water partition coefficient (Wildman–Crippen LogP) is 3.21. The molecule has 3 nitrogen and oxygen atoms in total. The van der Waals surface area contributed by atoms with Gasteiger partial charge in [-0.3, -0.25) is 4.21 Å². The molecule has 0 aliphatic carbocycles. The van der Waals surface area contributed by atoms with Crippen LogP contribution >= 0.6 is 15.9 Å². The second kappa shape index (κ2) is 6.00. The van der Waals surface area contributed by atoms with Crippen LogP contribution in [0.4, 0.5) is 5.69 Å². The number of rotatable bonds is 3. The van der Waals surface area contributed by atoms with Crippen LogP contribution in [0.25, 0.3) is 0 Å². The molecule has 0 fully saturated rings. The van der Waals surface area contributed by atoms with Crippen molar-refractivity contribution in [2.24, 2.45) is 0 Å². The van der Waals surface area contributed by atoms with Gasteiger partial charge < -0.3 is 5.73 Å². The van der Waals surface area contributed by atoms with Crippen molar-refractivity contribution in [1.29, 1.82) is 5.26 Å². The van der Waals surface area contributed by atoms with E-state index in [4.69, 9.17) is 11.0 Å². The first-order chi connectivity index (χ1) is 9.11. The highest BCUT2D eigenvalue weighted by atomic mass is 79.9. The molecule has 2 rings (SSSR count).